The van der Waals surface area contributed by atoms with Crippen LogP contribution in [0.2, 0.25) is 0 Å². The number of rotatable bonds is 5. The van der Waals surface area contributed by atoms with Gasteiger partial charge in [0.1, 0.15) is 18.1 Å². The molecule has 0 spiro atoms. The van der Waals surface area contributed by atoms with Gasteiger partial charge in [0, 0.05) is 52.2 Å². The highest BCUT2D eigenvalue weighted by Crippen LogP contribution is 2.39. The molecule has 7 nitrogen and oxygen atoms in total. The van der Waals surface area contributed by atoms with Crippen LogP contribution in [0.1, 0.15) is 76.1 Å². The Labute approximate surface area is 201 Å². The second-order valence-electron chi connectivity index (χ2n) is 11.1. The van der Waals surface area contributed by atoms with E-state index in [1.165, 1.54) is 0 Å². The van der Waals surface area contributed by atoms with Crippen molar-refractivity contribution >= 4 is 16.9 Å². The summed E-state index contributed by atoms with van der Waals surface area (Å²) in [6.07, 6.45) is 2.56. The lowest BCUT2D eigenvalue weighted by molar-refractivity contribution is -0.143. The molecule has 0 radical (unpaired) electrons. The van der Waals surface area contributed by atoms with Crippen molar-refractivity contribution in [1.82, 2.24) is 10.2 Å². The van der Waals surface area contributed by atoms with Crippen LogP contribution in [0.4, 0.5) is 0 Å². The van der Waals surface area contributed by atoms with E-state index in [0.29, 0.717) is 36.9 Å². The lowest BCUT2D eigenvalue weighted by atomic mass is 9.79. The van der Waals surface area contributed by atoms with Crippen molar-refractivity contribution in [3.05, 3.63) is 38.7 Å². The predicted molar refractivity (Wildman–Crippen MR) is 132 cm³/mol. The van der Waals surface area contributed by atoms with Crippen LogP contribution in [0.3, 0.4) is 0 Å². The summed E-state index contributed by atoms with van der Waals surface area (Å²) in [5.74, 6) is 0.512. The van der Waals surface area contributed by atoms with Gasteiger partial charge in [0.2, 0.25) is 0 Å². The lowest BCUT2D eigenvalue weighted by Gasteiger charge is -2.50. The molecule has 2 aliphatic heterocycles. The number of nitrogens with zero attached hydrogens (tertiary/aromatic N) is 1. The lowest BCUT2D eigenvalue weighted by Crippen LogP contribution is -2.62. The first-order chi connectivity index (χ1) is 15.9. The van der Waals surface area contributed by atoms with Gasteiger partial charge in [0.25, 0.3) is 0 Å². The summed E-state index contributed by atoms with van der Waals surface area (Å²) >= 11 is 0. The Kier molecular flexibility index (Phi) is 6.55. The fourth-order valence-corrected chi connectivity index (χ4v) is 5.97. The van der Waals surface area contributed by atoms with Crippen molar-refractivity contribution in [2.75, 3.05) is 13.3 Å². The summed E-state index contributed by atoms with van der Waals surface area (Å²) in [5.41, 5.74) is 3.65. The quantitative estimate of drug-likeness (QED) is 0.513. The smallest absolute Gasteiger partial charge is 0.339 e. The molecule has 3 heterocycles. The minimum Gasteiger partial charge on any atom is -0.477 e. The molecule has 0 saturated carbocycles. The SMILES string of the molecule is CCOC(=O)CCc1c(C)c2cc3c(c(C)c2oc1=O)OCN(C1CC(C)(C)NC(C)(C)C1)C3. The number of nitrogens with one attached hydrogen (secondary N) is 1. The van der Waals surface area contributed by atoms with Crippen molar-refractivity contribution < 1.29 is 18.7 Å². The highest BCUT2D eigenvalue weighted by molar-refractivity contribution is 5.87. The molecule has 1 aromatic heterocycles. The maximum absolute atomic E-state index is 12.8. The van der Waals surface area contributed by atoms with E-state index < -0.39 is 5.63 Å². The second-order valence-corrected chi connectivity index (χ2v) is 11.1. The zero-order valence-corrected chi connectivity index (χ0v) is 21.6. The zero-order chi connectivity index (χ0) is 24.8. The van der Waals surface area contributed by atoms with E-state index in [4.69, 9.17) is 13.9 Å². The van der Waals surface area contributed by atoms with Crippen molar-refractivity contribution in [2.45, 2.75) is 97.8 Å². The third kappa shape index (κ3) is 4.86. The van der Waals surface area contributed by atoms with Gasteiger partial charge in [0.15, 0.2) is 0 Å². The minimum absolute atomic E-state index is 0.0554. The van der Waals surface area contributed by atoms with Crippen LogP contribution in [-0.4, -0.2) is 41.3 Å². The molecule has 0 unspecified atom stereocenters. The zero-order valence-electron chi connectivity index (χ0n) is 21.6. The molecule has 1 N–H and O–H groups in total. The minimum atomic E-state index is -0.394. The van der Waals surface area contributed by atoms with Gasteiger partial charge in [-0.2, -0.15) is 0 Å². The van der Waals surface area contributed by atoms with Gasteiger partial charge in [-0.1, -0.05) is 0 Å². The van der Waals surface area contributed by atoms with E-state index in [1.54, 1.807) is 6.92 Å². The summed E-state index contributed by atoms with van der Waals surface area (Å²) in [7, 11) is 0. The van der Waals surface area contributed by atoms with Crippen molar-refractivity contribution in [3.63, 3.8) is 0 Å². The fourth-order valence-electron chi connectivity index (χ4n) is 5.97. The van der Waals surface area contributed by atoms with Crippen LogP contribution in [0.25, 0.3) is 11.0 Å². The van der Waals surface area contributed by atoms with Gasteiger partial charge in [0.05, 0.1) is 6.61 Å². The van der Waals surface area contributed by atoms with E-state index in [9.17, 15) is 9.59 Å². The molecular formula is C27H38N2O5. The van der Waals surface area contributed by atoms with E-state index in [-0.39, 0.29) is 23.5 Å². The van der Waals surface area contributed by atoms with Gasteiger partial charge >= 0.3 is 11.6 Å². The van der Waals surface area contributed by atoms with Crippen LogP contribution in [0, 0.1) is 13.8 Å². The third-order valence-corrected chi connectivity index (χ3v) is 7.15. The standard InChI is InChI=1S/C27H38N2O5/c1-8-32-22(30)10-9-20-16(2)21-11-18-14-29(19-12-26(4,5)28-27(6,7)13-19)15-33-23(18)17(3)24(21)34-25(20)31/h11,19,28H,8-10,12-15H2,1-7H3. The fraction of sp³-hybridized carbons (Fsp3) is 0.630. The number of fused-ring (bicyclic) bond motifs is 2. The Balaban J connectivity index is 1.66. The highest BCUT2D eigenvalue weighted by atomic mass is 16.5. The topological polar surface area (TPSA) is 81.0 Å². The van der Waals surface area contributed by atoms with E-state index >= 15 is 0 Å². The second kappa shape index (κ2) is 9.00. The number of piperidine rings is 1. The third-order valence-electron chi connectivity index (χ3n) is 7.15. The van der Waals surface area contributed by atoms with Gasteiger partial charge < -0.3 is 19.2 Å². The molecule has 0 bridgehead atoms. The number of benzene rings is 1. The first-order valence-electron chi connectivity index (χ1n) is 12.3. The maximum Gasteiger partial charge on any atom is 0.339 e. The van der Waals surface area contributed by atoms with E-state index in [0.717, 1.165) is 47.2 Å². The molecular weight excluding hydrogens is 432 g/mol. The number of hydrogen-bond donors (Lipinski definition) is 1. The Morgan fingerprint density at radius 3 is 2.50 bits per heavy atom. The molecule has 34 heavy (non-hydrogen) atoms. The molecule has 0 amide bonds. The number of aryl methyl sites for hydroxylation is 2. The van der Waals surface area contributed by atoms with Gasteiger partial charge in [-0.05, 0) is 79.4 Å². The number of esters is 1. The summed E-state index contributed by atoms with van der Waals surface area (Å²) in [6.45, 7) is 16.4. The van der Waals surface area contributed by atoms with Crippen LogP contribution in [0.15, 0.2) is 15.3 Å². The Hall–Kier alpha value is -2.38. The molecule has 2 aromatic rings. The molecule has 186 valence electrons. The number of carbonyl (C=O) groups excluding carboxylic acids is 1. The van der Waals surface area contributed by atoms with Crippen LogP contribution >= 0.6 is 0 Å². The summed E-state index contributed by atoms with van der Waals surface area (Å²) < 4.78 is 17.0. The monoisotopic (exact) mass is 470 g/mol. The number of carbonyl (C=O) groups is 1. The van der Waals surface area contributed by atoms with Gasteiger partial charge in [-0.25, -0.2) is 4.79 Å². The Morgan fingerprint density at radius 1 is 1.18 bits per heavy atom. The predicted octanol–water partition coefficient (Wildman–Crippen LogP) is 4.37. The highest BCUT2D eigenvalue weighted by Gasteiger charge is 2.41. The van der Waals surface area contributed by atoms with Crippen molar-refractivity contribution in [1.29, 1.82) is 0 Å². The molecule has 1 aromatic carbocycles. The van der Waals surface area contributed by atoms with Crippen LogP contribution < -0.4 is 15.7 Å². The molecule has 0 atom stereocenters. The van der Waals surface area contributed by atoms with Gasteiger partial charge in [-0.3, -0.25) is 9.69 Å². The van der Waals surface area contributed by atoms with E-state index in [1.807, 2.05) is 13.8 Å². The number of hydrogen-bond acceptors (Lipinski definition) is 7. The molecule has 7 heteroatoms. The molecule has 1 saturated heterocycles. The molecule has 1 fully saturated rings. The first kappa shape index (κ1) is 24.7. The average Bonchev–Trinajstić information content (AvgIpc) is 2.72. The Bertz CT molecular complexity index is 1150. The molecule has 4 rings (SSSR count). The van der Waals surface area contributed by atoms with Crippen molar-refractivity contribution in [3.8, 4) is 5.75 Å². The average molecular weight is 471 g/mol. The first-order valence-corrected chi connectivity index (χ1v) is 12.3. The summed E-state index contributed by atoms with van der Waals surface area (Å²) in [4.78, 5) is 27.0. The largest absolute Gasteiger partial charge is 0.477 e. The van der Waals surface area contributed by atoms with Gasteiger partial charge in [-0.15, -0.1) is 0 Å². The van der Waals surface area contributed by atoms with Crippen LogP contribution in [-0.2, 0) is 22.5 Å². The maximum atomic E-state index is 12.8. The van der Waals surface area contributed by atoms with Crippen LogP contribution in [0.5, 0.6) is 5.75 Å². The Morgan fingerprint density at radius 2 is 1.85 bits per heavy atom. The summed E-state index contributed by atoms with van der Waals surface area (Å²) in [6, 6.07) is 2.51. The molecule has 0 aliphatic carbocycles. The van der Waals surface area contributed by atoms with E-state index in [2.05, 4.69) is 44.0 Å². The summed E-state index contributed by atoms with van der Waals surface area (Å²) in [5, 5.41) is 4.67. The number of ether oxygens (including phenoxy) is 2. The normalized spacial score (nSPS) is 20.1. The van der Waals surface area contributed by atoms with Crippen molar-refractivity contribution in [2.24, 2.45) is 0 Å². The molecule has 2 aliphatic rings.